The fourth-order valence-corrected chi connectivity index (χ4v) is 4.00. The number of piperidine rings is 1. The molecule has 2 fully saturated rings. The number of rotatable bonds is 7. The molecule has 1 aromatic carbocycles. The lowest BCUT2D eigenvalue weighted by Gasteiger charge is -2.36. The zero-order valence-electron chi connectivity index (χ0n) is 17.6. The molecule has 1 aromatic heterocycles. The number of carbonyl (C=O) groups is 2. The van der Waals surface area contributed by atoms with Crippen LogP contribution in [0.3, 0.4) is 0 Å². The number of nitrogens with one attached hydrogen (secondary N) is 1. The van der Waals surface area contributed by atoms with E-state index in [1.54, 1.807) is 0 Å². The SMILES string of the molecule is CN(C(=O)c1ccc(NC(=O)C2CC2)cc1)C1CCN(CCc2ccccn2)CC1. The molecule has 2 amide bonds. The number of hydrogen-bond acceptors (Lipinski definition) is 4. The molecule has 1 aliphatic carbocycles. The van der Waals surface area contributed by atoms with Gasteiger partial charge in [-0.2, -0.15) is 0 Å². The van der Waals surface area contributed by atoms with Gasteiger partial charge in [0, 0.05) is 68.2 Å². The molecule has 0 spiro atoms. The molecule has 6 heteroatoms. The van der Waals surface area contributed by atoms with Crippen LogP contribution in [-0.4, -0.2) is 59.3 Å². The Hall–Kier alpha value is -2.73. The van der Waals surface area contributed by atoms with Gasteiger partial charge < -0.3 is 15.1 Å². The van der Waals surface area contributed by atoms with Gasteiger partial charge in [-0.05, 0) is 62.1 Å². The Labute approximate surface area is 178 Å². The highest BCUT2D eigenvalue weighted by Gasteiger charge is 2.30. The first kappa shape index (κ1) is 20.5. The summed E-state index contributed by atoms with van der Waals surface area (Å²) in [5, 5.41) is 2.92. The van der Waals surface area contributed by atoms with Gasteiger partial charge in [0.05, 0.1) is 0 Å². The summed E-state index contributed by atoms with van der Waals surface area (Å²) in [7, 11) is 1.90. The molecule has 6 nitrogen and oxygen atoms in total. The quantitative estimate of drug-likeness (QED) is 0.767. The van der Waals surface area contributed by atoms with Crippen molar-refractivity contribution in [1.29, 1.82) is 0 Å². The number of likely N-dealkylation sites (tertiary alicyclic amines) is 1. The Morgan fingerprint density at radius 2 is 1.80 bits per heavy atom. The lowest BCUT2D eigenvalue weighted by molar-refractivity contribution is -0.117. The Bertz CT molecular complexity index is 857. The minimum Gasteiger partial charge on any atom is -0.339 e. The molecule has 0 bridgehead atoms. The maximum atomic E-state index is 12.9. The van der Waals surface area contributed by atoms with Crippen LogP contribution in [0.2, 0.25) is 0 Å². The van der Waals surface area contributed by atoms with Crippen LogP contribution in [0.5, 0.6) is 0 Å². The molecular weight excluding hydrogens is 376 g/mol. The summed E-state index contributed by atoms with van der Waals surface area (Å²) in [4.78, 5) is 33.5. The van der Waals surface area contributed by atoms with Gasteiger partial charge in [0.1, 0.15) is 0 Å². The fraction of sp³-hybridized carbons (Fsp3) is 0.458. The van der Waals surface area contributed by atoms with Gasteiger partial charge in [-0.25, -0.2) is 0 Å². The van der Waals surface area contributed by atoms with Crippen LogP contribution in [-0.2, 0) is 11.2 Å². The third-order valence-corrected chi connectivity index (χ3v) is 6.18. The minimum atomic E-state index is 0.0435. The van der Waals surface area contributed by atoms with E-state index in [-0.39, 0.29) is 23.8 Å². The van der Waals surface area contributed by atoms with Gasteiger partial charge in [0.2, 0.25) is 5.91 Å². The molecule has 158 valence electrons. The molecule has 30 heavy (non-hydrogen) atoms. The van der Waals surface area contributed by atoms with Crippen LogP contribution in [0.15, 0.2) is 48.7 Å². The Balaban J connectivity index is 1.24. The molecule has 0 unspecified atom stereocenters. The molecule has 2 aliphatic rings. The van der Waals surface area contributed by atoms with Crippen LogP contribution in [0, 0.1) is 5.92 Å². The first-order valence-electron chi connectivity index (χ1n) is 10.9. The van der Waals surface area contributed by atoms with Gasteiger partial charge in [-0.15, -0.1) is 0 Å². The van der Waals surface area contributed by atoms with E-state index in [2.05, 4.69) is 21.3 Å². The fourth-order valence-electron chi connectivity index (χ4n) is 4.00. The first-order valence-corrected chi connectivity index (χ1v) is 10.9. The van der Waals surface area contributed by atoms with Gasteiger partial charge >= 0.3 is 0 Å². The summed E-state index contributed by atoms with van der Waals surface area (Å²) in [6.07, 6.45) is 6.74. The first-order chi connectivity index (χ1) is 14.6. The number of amides is 2. The predicted molar refractivity (Wildman–Crippen MR) is 117 cm³/mol. The zero-order valence-corrected chi connectivity index (χ0v) is 17.6. The Kier molecular flexibility index (Phi) is 6.43. The molecule has 1 aliphatic heterocycles. The van der Waals surface area contributed by atoms with Gasteiger partial charge in [0.15, 0.2) is 0 Å². The second kappa shape index (κ2) is 9.39. The molecule has 1 saturated heterocycles. The van der Waals surface area contributed by atoms with Crippen LogP contribution in [0.1, 0.15) is 41.7 Å². The summed E-state index contributed by atoms with van der Waals surface area (Å²) in [6.45, 7) is 3.01. The third kappa shape index (κ3) is 5.25. The number of anilines is 1. The average Bonchev–Trinajstić information content (AvgIpc) is 3.64. The van der Waals surface area contributed by atoms with Crippen molar-refractivity contribution in [3.05, 3.63) is 59.9 Å². The van der Waals surface area contributed by atoms with Crippen molar-refractivity contribution < 1.29 is 9.59 Å². The van der Waals surface area contributed by atoms with E-state index in [0.29, 0.717) is 5.56 Å². The van der Waals surface area contributed by atoms with Gasteiger partial charge in [-0.1, -0.05) is 6.07 Å². The number of nitrogens with zero attached hydrogens (tertiary/aromatic N) is 3. The van der Waals surface area contributed by atoms with E-state index in [9.17, 15) is 9.59 Å². The predicted octanol–water partition coefficient (Wildman–Crippen LogP) is 3.21. The Morgan fingerprint density at radius 1 is 1.07 bits per heavy atom. The molecule has 2 aromatic rings. The number of aromatic nitrogens is 1. The molecule has 2 heterocycles. The average molecular weight is 407 g/mol. The summed E-state index contributed by atoms with van der Waals surface area (Å²) in [5.41, 5.74) is 2.55. The second-order valence-corrected chi connectivity index (χ2v) is 8.40. The molecule has 4 rings (SSSR count). The minimum absolute atomic E-state index is 0.0435. The summed E-state index contributed by atoms with van der Waals surface area (Å²) in [6, 6.07) is 13.6. The number of hydrogen-bond donors (Lipinski definition) is 1. The van der Waals surface area contributed by atoms with E-state index < -0.39 is 0 Å². The highest BCUT2D eigenvalue weighted by atomic mass is 16.2. The molecule has 1 N–H and O–H groups in total. The van der Waals surface area contributed by atoms with Crippen molar-refractivity contribution in [2.75, 3.05) is 32.0 Å². The molecule has 1 saturated carbocycles. The Morgan fingerprint density at radius 3 is 2.43 bits per heavy atom. The van der Waals surface area contributed by atoms with Gasteiger partial charge in [0.25, 0.3) is 5.91 Å². The smallest absolute Gasteiger partial charge is 0.253 e. The second-order valence-electron chi connectivity index (χ2n) is 8.40. The lowest BCUT2D eigenvalue weighted by Crippen LogP contribution is -2.46. The monoisotopic (exact) mass is 406 g/mol. The van der Waals surface area contributed by atoms with Crippen molar-refractivity contribution in [2.45, 2.75) is 38.1 Å². The van der Waals surface area contributed by atoms with Crippen LogP contribution in [0.25, 0.3) is 0 Å². The topological polar surface area (TPSA) is 65.5 Å². The summed E-state index contributed by atoms with van der Waals surface area (Å²) >= 11 is 0. The molecule has 0 radical (unpaired) electrons. The largest absolute Gasteiger partial charge is 0.339 e. The van der Waals surface area contributed by atoms with E-state index >= 15 is 0 Å². The van der Waals surface area contributed by atoms with E-state index in [4.69, 9.17) is 0 Å². The van der Waals surface area contributed by atoms with Crippen molar-refractivity contribution >= 4 is 17.5 Å². The number of carbonyl (C=O) groups excluding carboxylic acids is 2. The zero-order chi connectivity index (χ0) is 20.9. The standard InChI is InChI=1S/C24H30N4O2/c1-27(22-12-16-28(17-13-22)15-11-20-4-2-3-14-25-20)24(30)19-7-9-21(10-8-19)26-23(29)18-5-6-18/h2-4,7-10,14,18,22H,5-6,11-13,15-17H2,1H3,(H,26,29). The molecule has 0 atom stereocenters. The van der Waals surface area contributed by atoms with Crippen LogP contribution < -0.4 is 5.32 Å². The van der Waals surface area contributed by atoms with Crippen molar-refractivity contribution in [1.82, 2.24) is 14.8 Å². The lowest BCUT2D eigenvalue weighted by atomic mass is 10.0. The summed E-state index contributed by atoms with van der Waals surface area (Å²) < 4.78 is 0. The highest BCUT2D eigenvalue weighted by molar-refractivity contribution is 5.96. The molecular formula is C24H30N4O2. The third-order valence-electron chi connectivity index (χ3n) is 6.18. The van der Waals surface area contributed by atoms with Crippen LogP contribution >= 0.6 is 0 Å². The van der Waals surface area contributed by atoms with E-state index in [1.807, 2.05) is 54.5 Å². The number of benzene rings is 1. The number of pyridine rings is 1. The highest BCUT2D eigenvalue weighted by Crippen LogP contribution is 2.30. The van der Waals surface area contributed by atoms with Crippen molar-refractivity contribution in [3.8, 4) is 0 Å². The van der Waals surface area contributed by atoms with E-state index in [0.717, 1.165) is 63.1 Å². The maximum Gasteiger partial charge on any atom is 0.253 e. The normalized spacial score (nSPS) is 17.5. The van der Waals surface area contributed by atoms with E-state index in [1.165, 1.54) is 0 Å². The van der Waals surface area contributed by atoms with Crippen molar-refractivity contribution in [3.63, 3.8) is 0 Å². The summed E-state index contributed by atoms with van der Waals surface area (Å²) in [5.74, 6) is 0.301. The van der Waals surface area contributed by atoms with Gasteiger partial charge in [-0.3, -0.25) is 14.6 Å². The maximum absolute atomic E-state index is 12.9. The van der Waals surface area contributed by atoms with Crippen LogP contribution in [0.4, 0.5) is 5.69 Å². The van der Waals surface area contributed by atoms with Crippen molar-refractivity contribution in [2.24, 2.45) is 5.92 Å².